The van der Waals surface area contributed by atoms with E-state index in [1.165, 1.54) is 6.07 Å². The fourth-order valence-electron chi connectivity index (χ4n) is 2.02. The molecule has 0 unspecified atom stereocenters. The van der Waals surface area contributed by atoms with Crippen molar-refractivity contribution in [2.24, 2.45) is 0 Å². The Bertz CT molecular complexity index is 762. The van der Waals surface area contributed by atoms with Crippen molar-refractivity contribution in [3.8, 4) is 6.07 Å². The zero-order valence-electron chi connectivity index (χ0n) is 10.9. The van der Waals surface area contributed by atoms with Gasteiger partial charge in [-0.2, -0.15) is 9.57 Å². The third kappa shape index (κ3) is 2.85. The van der Waals surface area contributed by atoms with Crippen LogP contribution in [0.2, 0.25) is 0 Å². The molecule has 1 aliphatic rings. The van der Waals surface area contributed by atoms with Gasteiger partial charge >= 0.3 is 0 Å². The van der Waals surface area contributed by atoms with Gasteiger partial charge in [0, 0.05) is 13.1 Å². The van der Waals surface area contributed by atoms with Crippen LogP contribution in [0.4, 0.5) is 0 Å². The van der Waals surface area contributed by atoms with Crippen molar-refractivity contribution in [1.29, 1.82) is 5.26 Å². The molecule has 1 aromatic carbocycles. The fraction of sp³-hybridized carbons (Fsp3) is 0.417. The Hall–Kier alpha value is -1.43. The largest absolute Gasteiger partial charge is 0.243 e. The summed E-state index contributed by atoms with van der Waals surface area (Å²) in [6, 6.07) is 6.36. The molecule has 1 fully saturated rings. The van der Waals surface area contributed by atoms with Crippen LogP contribution in [0.3, 0.4) is 0 Å². The maximum absolute atomic E-state index is 12.5. The molecule has 1 aromatic rings. The Morgan fingerprint density at radius 3 is 2.40 bits per heavy atom. The zero-order chi connectivity index (χ0) is 15.0. The average Bonchev–Trinajstić information content (AvgIpc) is 2.38. The Balaban J connectivity index is 2.39. The quantitative estimate of drug-likeness (QED) is 0.781. The summed E-state index contributed by atoms with van der Waals surface area (Å²) in [6.07, 6.45) is 0. The van der Waals surface area contributed by atoms with Crippen LogP contribution in [0.5, 0.6) is 0 Å². The molecule has 108 valence electrons. The Kier molecular flexibility index (Phi) is 3.86. The van der Waals surface area contributed by atoms with Gasteiger partial charge in [-0.15, -0.1) is 0 Å². The predicted molar refractivity (Wildman–Crippen MR) is 73.3 cm³/mol. The van der Waals surface area contributed by atoms with Crippen molar-refractivity contribution in [3.63, 3.8) is 0 Å². The highest BCUT2D eigenvalue weighted by Crippen LogP contribution is 2.22. The number of hydrogen-bond donors (Lipinski definition) is 0. The summed E-state index contributed by atoms with van der Waals surface area (Å²) in [7, 11) is -6.90. The van der Waals surface area contributed by atoms with Crippen molar-refractivity contribution < 1.29 is 16.8 Å². The molecule has 0 N–H and O–H groups in total. The first-order valence-corrected chi connectivity index (χ1v) is 9.24. The second kappa shape index (κ2) is 5.16. The average molecular weight is 314 g/mol. The smallest absolute Gasteiger partial charge is 0.229 e. The SMILES string of the molecule is Cc1ccc(C#N)cc1S(=O)(=O)N1CCS(=O)(=O)CC1. The standard InChI is InChI=1S/C12H14N2O4S2/c1-10-2-3-11(9-13)8-12(10)20(17,18)14-4-6-19(15,16)7-5-14/h2-3,8H,4-7H2,1H3. The molecule has 0 spiro atoms. The van der Waals surface area contributed by atoms with Crippen LogP contribution in [-0.2, 0) is 19.9 Å². The monoisotopic (exact) mass is 314 g/mol. The molecule has 2 rings (SSSR count). The van der Waals surface area contributed by atoms with Crippen LogP contribution in [-0.4, -0.2) is 45.7 Å². The highest BCUT2D eigenvalue weighted by molar-refractivity contribution is 7.92. The van der Waals surface area contributed by atoms with Crippen LogP contribution in [0.25, 0.3) is 0 Å². The second-order valence-electron chi connectivity index (χ2n) is 4.65. The maximum atomic E-state index is 12.5. The van der Waals surface area contributed by atoms with E-state index >= 15 is 0 Å². The van der Waals surface area contributed by atoms with Crippen molar-refractivity contribution in [1.82, 2.24) is 4.31 Å². The molecule has 6 nitrogen and oxygen atoms in total. The number of benzene rings is 1. The number of nitriles is 1. The van der Waals surface area contributed by atoms with E-state index < -0.39 is 19.9 Å². The van der Waals surface area contributed by atoms with Gasteiger partial charge in [0.25, 0.3) is 0 Å². The highest BCUT2D eigenvalue weighted by Gasteiger charge is 2.32. The van der Waals surface area contributed by atoms with Crippen molar-refractivity contribution in [2.45, 2.75) is 11.8 Å². The molecular weight excluding hydrogens is 300 g/mol. The van der Waals surface area contributed by atoms with Gasteiger partial charge in [0.1, 0.15) is 0 Å². The summed E-state index contributed by atoms with van der Waals surface area (Å²) in [5, 5.41) is 8.86. The van der Waals surface area contributed by atoms with Crippen molar-refractivity contribution >= 4 is 19.9 Å². The summed E-state index contributed by atoms with van der Waals surface area (Å²) in [5.74, 6) is -0.327. The van der Waals surface area contributed by atoms with E-state index in [0.29, 0.717) is 5.56 Å². The molecular formula is C12H14N2O4S2. The summed E-state index contributed by atoms with van der Waals surface area (Å²) in [5.41, 5.74) is 0.802. The van der Waals surface area contributed by atoms with Crippen LogP contribution in [0.15, 0.2) is 23.1 Å². The maximum Gasteiger partial charge on any atom is 0.243 e. The van der Waals surface area contributed by atoms with Crippen LogP contribution in [0, 0.1) is 18.3 Å². The first-order chi connectivity index (χ1) is 9.26. The summed E-state index contributed by atoms with van der Waals surface area (Å²) in [6.45, 7) is 1.57. The highest BCUT2D eigenvalue weighted by atomic mass is 32.2. The van der Waals surface area contributed by atoms with Gasteiger partial charge in [-0.1, -0.05) is 6.07 Å². The van der Waals surface area contributed by atoms with Gasteiger partial charge in [0.2, 0.25) is 10.0 Å². The molecule has 1 aliphatic heterocycles. The molecule has 0 atom stereocenters. The molecule has 0 aromatic heterocycles. The number of sulfonamides is 1. The summed E-state index contributed by atoms with van der Waals surface area (Å²) >= 11 is 0. The number of nitrogens with zero attached hydrogens (tertiary/aromatic N) is 2. The van der Waals surface area contributed by atoms with Gasteiger partial charge in [0.05, 0.1) is 28.0 Å². The molecule has 20 heavy (non-hydrogen) atoms. The van der Waals surface area contributed by atoms with E-state index in [9.17, 15) is 16.8 Å². The molecule has 0 aliphatic carbocycles. The van der Waals surface area contributed by atoms with Crippen LogP contribution < -0.4 is 0 Å². The van der Waals surface area contributed by atoms with Gasteiger partial charge in [0.15, 0.2) is 9.84 Å². The zero-order valence-corrected chi connectivity index (χ0v) is 12.5. The van der Waals surface area contributed by atoms with Crippen molar-refractivity contribution in [3.05, 3.63) is 29.3 Å². The lowest BCUT2D eigenvalue weighted by atomic mass is 10.2. The first kappa shape index (κ1) is 15.0. The molecule has 0 bridgehead atoms. The summed E-state index contributed by atoms with van der Waals surface area (Å²) < 4.78 is 48.9. The van der Waals surface area contributed by atoms with Gasteiger partial charge in [-0.25, -0.2) is 16.8 Å². The first-order valence-electron chi connectivity index (χ1n) is 5.97. The van der Waals surface area contributed by atoms with Gasteiger partial charge < -0.3 is 0 Å². The Morgan fingerprint density at radius 1 is 1.25 bits per heavy atom. The van der Waals surface area contributed by atoms with Gasteiger partial charge in [-0.05, 0) is 24.6 Å². The predicted octanol–water partition coefficient (Wildman–Crippen LogP) is 0.286. The number of aryl methyl sites for hydroxylation is 1. The minimum atomic E-state index is -3.76. The van der Waals surface area contributed by atoms with Crippen molar-refractivity contribution in [2.75, 3.05) is 24.6 Å². The van der Waals surface area contributed by atoms with E-state index in [1.807, 2.05) is 6.07 Å². The molecule has 1 saturated heterocycles. The molecule has 0 amide bonds. The topological polar surface area (TPSA) is 95.3 Å². The lowest BCUT2D eigenvalue weighted by Crippen LogP contribution is -2.43. The normalized spacial score (nSPS) is 19.4. The van der Waals surface area contributed by atoms with E-state index in [-0.39, 0.29) is 35.1 Å². The minimum Gasteiger partial charge on any atom is -0.229 e. The molecule has 1 heterocycles. The number of hydrogen-bond acceptors (Lipinski definition) is 5. The molecule has 0 saturated carbocycles. The van der Waals surface area contributed by atoms with E-state index in [1.54, 1.807) is 19.1 Å². The Morgan fingerprint density at radius 2 is 1.85 bits per heavy atom. The van der Waals surface area contributed by atoms with Crippen LogP contribution >= 0.6 is 0 Å². The number of sulfone groups is 1. The van der Waals surface area contributed by atoms with E-state index in [4.69, 9.17) is 5.26 Å². The number of rotatable bonds is 2. The lowest BCUT2D eigenvalue weighted by molar-refractivity contribution is 0.430. The lowest BCUT2D eigenvalue weighted by Gasteiger charge is -2.26. The van der Waals surface area contributed by atoms with Crippen LogP contribution in [0.1, 0.15) is 11.1 Å². The minimum absolute atomic E-state index is 0.0408. The molecule has 8 heteroatoms. The van der Waals surface area contributed by atoms with E-state index in [2.05, 4.69) is 0 Å². The summed E-state index contributed by atoms with van der Waals surface area (Å²) in [4.78, 5) is 0.0656. The Labute approximate surface area is 118 Å². The van der Waals surface area contributed by atoms with Gasteiger partial charge in [-0.3, -0.25) is 0 Å². The third-order valence-corrected chi connectivity index (χ3v) is 6.89. The second-order valence-corrected chi connectivity index (χ2v) is 8.86. The third-order valence-electron chi connectivity index (χ3n) is 3.24. The fourth-order valence-corrected chi connectivity index (χ4v) is 5.15. The van der Waals surface area contributed by atoms with E-state index in [0.717, 1.165) is 4.31 Å². The molecule has 0 radical (unpaired) electrons.